The third-order valence-corrected chi connectivity index (χ3v) is 4.71. The largest absolute Gasteiger partial charge is 0.428 e. The molecule has 0 aliphatic carbocycles. The number of carbonyl (C=O) groups excluding carboxylic acids is 2. The van der Waals surface area contributed by atoms with Crippen molar-refractivity contribution in [2.75, 3.05) is 24.1 Å². The van der Waals surface area contributed by atoms with Gasteiger partial charge in [-0.3, -0.25) is 4.79 Å². The van der Waals surface area contributed by atoms with Crippen molar-refractivity contribution >= 4 is 22.8 Å². The molecule has 1 rings (SSSR count). The fourth-order valence-corrected chi connectivity index (χ4v) is 3.52. The molecule has 0 amide bonds. The molecule has 1 aliphatic rings. The van der Waals surface area contributed by atoms with Crippen molar-refractivity contribution in [2.24, 2.45) is 5.92 Å². The standard InChI is InChI=1S/C11H19O4S/c1-9(2)11(13)15-8-14-10(12)7-16-5-3-4-6-16/h9H,3-8H2,1-2H3/q+1. The Morgan fingerprint density at radius 1 is 1.19 bits per heavy atom. The van der Waals surface area contributed by atoms with Gasteiger partial charge in [0.1, 0.15) is 11.5 Å². The number of esters is 2. The molecule has 1 heterocycles. The van der Waals surface area contributed by atoms with Gasteiger partial charge >= 0.3 is 11.9 Å². The van der Waals surface area contributed by atoms with Crippen molar-refractivity contribution in [1.82, 2.24) is 0 Å². The summed E-state index contributed by atoms with van der Waals surface area (Å²) in [6, 6.07) is 0. The average Bonchev–Trinajstić information content (AvgIpc) is 2.70. The minimum atomic E-state index is -0.337. The molecule has 0 aromatic rings. The number of rotatable bonds is 5. The van der Waals surface area contributed by atoms with Gasteiger partial charge in [-0.2, -0.15) is 0 Å². The van der Waals surface area contributed by atoms with E-state index in [1.54, 1.807) is 13.8 Å². The average molecular weight is 247 g/mol. The second-order valence-electron chi connectivity index (χ2n) is 4.12. The predicted octanol–water partition coefficient (Wildman–Crippen LogP) is 1.10. The molecule has 1 fully saturated rings. The van der Waals surface area contributed by atoms with Crippen molar-refractivity contribution in [1.29, 1.82) is 0 Å². The third-order valence-electron chi connectivity index (χ3n) is 2.33. The van der Waals surface area contributed by atoms with Crippen molar-refractivity contribution in [3.05, 3.63) is 0 Å². The number of hydrogen-bond acceptors (Lipinski definition) is 4. The Bertz CT molecular complexity index is 246. The molecule has 1 aliphatic heterocycles. The number of hydrogen-bond donors (Lipinski definition) is 0. The van der Waals surface area contributed by atoms with E-state index in [4.69, 9.17) is 9.47 Å². The molecule has 0 aromatic heterocycles. The van der Waals surface area contributed by atoms with Crippen LogP contribution in [0.2, 0.25) is 0 Å². The Labute approximate surface area is 99.0 Å². The van der Waals surface area contributed by atoms with E-state index < -0.39 is 0 Å². The SMILES string of the molecule is CC(C)C(=O)OCOC(=O)C[S+]1CCCC1. The highest BCUT2D eigenvalue weighted by Crippen LogP contribution is 2.13. The summed E-state index contributed by atoms with van der Waals surface area (Å²) in [5.74, 6) is 1.99. The summed E-state index contributed by atoms with van der Waals surface area (Å²) < 4.78 is 9.61. The molecule has 0 spiro atoms. The van der Waals surface area contributed by atoms with Gasteiger partial charge in [-0.1, -0.05) is 13.8 Å². The summed E-state index contributed by atoms with van der Waals surface area (Å²) in [6.07, 6.45) is 2.44. The zero-order valence-corrected chi connectivity index (χ0v) is 10.7. The summed E-state index contributed by atoms with van der Waals surface area (Å²) in [7, 11) is 0.205. The van der Waals surface area contributed by atoms with Crippen LogP contribution in [0.15, 0.2) is 0 Å². The van der Waals surface area contributed by atoms with Gasteiger partial charge < -0.3 is 9.47 Å². The molecule has 0 saturated carbocycles. The van der Waals surface area contributed by atoms with Crippen molar-refractivity contribution in [2.45, 2.75) is 26.7 Å². The van der Waals surface area contributed by atoms with Crippen LogP contribution in [-0.2, 0) is 30.0 Å². The van der Waals surface area contributed by atoms with Gasteiger partial charge in [-0.25, -0.2) is 4.79 Å². The van der Waals surface area contributed by atoms with Gasteiger partial charge in [-0.05, 0) is 23.7 Å². The van der Waals surface area contributed by atoms with Crippen LogP contribution in [0.3, 0.4) is 0 Å². The van der Waals surface area contributed by atoms with Gasteiger partial charge in [0.05, 0.1) is 5.92 Å². The van der Waals surface area contributed by atoms with Gasteiger partial charge in [0.15, 0.2) is 0 Å². The van der Waals surface area contributed by atoms with Gasteiger partial charge in [0.25, 0.3) is 0 Å². The lowest BCUT2D eigenvalue weighted by Crippen LogP contribution is -2.22. The van der Waals surface area contributed by atoms with Crippen LogP contribution in [0.4, 0.5) is 0 Å². The van der Waals surface area contributed by atoms with Crippen LogP contribution >= 0.6 is 0 Å². The van der Waals surface area contributed by atoms with Crippen LogP contribution in [-0.4, -0.2) is 36.0 Å². The minimum Gasteiger partial charge on any atom is -0.428 e. The minimum absolute atomic E-state index is 0.185. The summed E-state index contributed by atoms with van der Waals surface area (Å²) in [4.78, 5) is 22.4. The molecular weight excluding hydrogens is 228 g/mol. The molecule has 5 heteroatoms. The molecule has 16 heavy (non-hydrogen) atoms. The molecule has 0 radical (unpaired) electrons. The Balaban J connectivity index is 2.08. The molecule has 0 bridgehead atoms. The summed E-state index contributed by atoms with van der Waals surface area (Å²) in [5.41, 5.74) is 0. The molecule has 0 N–H and O–H groups in total. The quantitative estimate of drug-likeness (QED) is 0.415. The predicted molar refractivity (Wildman–Crippen MR) is 63.1 cm³/mol. The van der Waals surface area contributed by atoms with Crippen molar-refractivity contribution < 1.29 is 19.1 Å². The topological polar surface area (TPSA) is 52.6 Å². The molecule has 0 atom stereocenters. The highest BCUT2D eigenvalue weighted by atomic mass is 32.2. The smallest absolute Gasteiger partial charge is 0.359 e. The second kappa shape index (κ2) is 6.78. The maximum absolute atomic E-state index is 11.3. The van der Waals surface area contributed by atoms with E-state index in [1.165, 1.54) is 12.8 Å². The van der Waals surface area contributed by atoms with Crippen molar-refractivity contribution in [3.8, 4) is 0 Å². The normalized spacial score (nSPS) is 16.4. The molecule has 92 valence electrons. The lowest BCUT2D eigenvalue weighted by Gasteiger charge is -2.07. The first-order valence-corrected chi connectivity index (χ1v) is 7.29. The second-order valence-corrected chi connectivity index (χ2v) is 6.45. The van der Waals surface area contributed by atoms with E-state index >= 15 is 0 Å². The van der Waals surface area contributed by atoms with Crippen molar-refractivity contribution in [3.63, 3.8) is 0 Å². The fraction of sp³-hybridized carbons (Fsp3) is 0.818. The van der Waals surface area contributed by atoms with E-state index in [0.717, 1.165) is 11.5 Å². The number of ether oxygens (including phenoxy) is 2. The monoisotopic (exact) mass is 247 g/mol. The highest BCUT2D eigenvalue weighted by Gasteiger charge is 2.27. The van der Waals surface area contributed by atoms with Crippen LogP contribution in [0.1, 0.15) is 26.7 Å². The summed E-state index contributed by atoms with van der Waals surface area (Å²) in [5, 5.41) is 0. The summed E-state index contributed by atoms with van der Waals surface area (Å²) in [6.45, 7) is 3.24. The molecule has 1 saturated heterocycles. The summed E-state index contributed by atoms with van der Waals surface area (Å²) >= 11 is 0. The van der Waals surface area contributed by atoms with E-state index in [1.807, 2.05) is 0 Å². The van der Waals surface area contributed by atoms with Crippen LogP contribution in [0, 0.1) is 5.92 Å². The first kappa shape index (κ1) is 13.4. The van der Waals surface area contributed by atoms with Gasteiger partial charge in [0.2, 0.25) is 12.5 Å². The molecule has 0 aromatic carbocycles. The zero-order valence-electron chi connectivity index (χ0n) is 9.86. The Morgan fingerprint density at radius 2 is 1.81 bits per heavy atom. The van der Waals surface area contributed by atoms with Gasteiger partial charge in [-0.15, -0.1) is 0 Å². The molecular formula is C11H19O4S+. The maximum Gasteiger partial charge on any atom is 0.359 e. The van der Waals surface area contributed by atoms with E-state index in [9.17, 15) is 9.59 Å². The molecule has 0 unspecified atom stereocenters. The van der Waals surface area contributed by atoms with E-state index in [-0.39, 0.29) is 35.5 Å². The lowest BCUT2D eigenvalue weighted by molar-refractivity contribution is -0.167. The number of carbonyl (C=O) groups is 2. The van der Waals surface area contributed by atoms with Crippen LogP contribution < -0.4 is 0 Å². The maximum atomic E-state index is 11.3. The zero-order chi connectivity index (χ0) is 12.0. The van der Waals surface area contributed by atoms with Crippen LogP contribution in [0.5, 0.6) is 0 Å². The van der Waals surface area contributed by atoms with Gasteiger partial charge in [0, 0.05) is 0 Å². The molecule has 4 nitrogen and oxygen atoms in total. The Hall–Kier alpha value is -0.710. The Kier molecular flexibility index (Phi) is 5.66. The highest BCUT2D eigenvalue weighted by molar-refractivity contribution is 7.97. The first-order valence-electron chi connectivity index (χ1n) is 5.56. The first-order chi connectivity index (χ1) is 7.59. The van der Waals surface area contributed by atoms with E-state index in [2.05, 4.69) is 0 Å². The third kappa shape index (κ3) is 4.88. The lowest BCUT2D eigenvalue weighted by atomic mass is 10.2. The van der Waals surface area contributed by atoms with Crippen LogP contribution in [0.25, 0.3) is 0 Å². The fourth-order valence-electron chi connectivity index (χ4n) is 1.39. The Morgan fingerprint density at radius 3 is 2.38 bits per heavy atom. The van der Waals surface area contributed by atoms with E-state index in [0.29, 0.717) is 5.75 Å².